The lowest BCUT2D eigenvalue weighted by Crippen LogP contribution is -2.42. The Hall–Kier alpha value is -3.14. The maximum absolute atomic E-state index is 13.2. The van der Waals surface area contributed by atoms with E-state index >= 15 is 0 Å². The van der Waals surface area contributed by atoms with Crippen molar-refractivity contribution < 1.29 is 9.21 Å². The smallest absolute Gasteiger partial charge is 0.330 e. The van der Waals surface area contributed by atoms with Crippen LogP contribution in [0.5, 0.6) is 0 Å². The van der Waals surface area contributed by atoms with E-state index in [4.69, 9.17) is 10.2 Å². The van der Waals surface area contributed by atoms with Crippen LogP contribution in [0.1, 0.15) is 45.2 Å². The molecule has 0 unspecified atom stereocenters. The highest BCUT2D eigenvalue weighted by Gasteiger charge is 2.24. The maximum Gasteiger partial charge on any atom is 0.330 e. The number of hydrogen-bond acceptors (Lipinski definition) is 7. The second-order valence-electron chi connectivity index (χ2n) is 7.20. The Morgan fingerprint density at radius 2 is 2.06 bits per heavy atom. The van der Waals surface area contributed by atoms with Crippen molar-refractivity contribution in [1.82, 2.24) is 14.5 Å². The second-order valence-corrected chi connectivity index (χ2v) is 8.05. The molecule has 1 amide bonds. The first-order valence-electron chi connectivity index (χ1n) is 10.4. The highest BCUT2D eigenvalue weighted by Crippen LogP contribution is 2.25. The van der Waals surface area contributed by atoms with Crippen LogP contribution in [0.3, 0.4) is 0 Å². The second kappa shape index (κ2) is 10.3. The number of anilines is 2. The van der Waals surface area contributed by atoms with Crippen molar-refractivity contribution in [2.24, 2.45) is 0 Å². The van der Waals surface area contributed by atoms with Gasteiger partial charge in [-0.05, 0) is 25.0 Å². The van der Waals surface area contributed by atoms with Gasteiger partial charge in [-0.25, -0.2) is 9.78 Å². The van der Waals surface area contributed by atoms with E-state index in [1.807, 2.05) is 13.8 Å². The largest absolute Gasteiger partial charge is 0.462 e. The number of unbranched alkanes of at least 4 members (excludes halogenated alkanes) is 2. The zero-order chi connectivity index (χ0) is 22.4. The summed E-state index contributed by atoms with van der Waals surface area (Å²) in [7, 11) is 0. The summed E-state index contributed by atoms with van der Waals surface area (Å²) in [5.41, 5.74) is 5.60. The summed E-state index contributed by atoms with van der Waals surface area (Å²) in [6.45, 7) is 4.69. The molecule has 0 fully saturated rings. The Bertz CT molecular complexity index is 1130. The molecule has 0 radical (unpaired) electrons. The predicted molar refractivity (Wildman–Crippen MR) is 121 cm³/mol. The van der Waals surface area contributed by atoms with Gasteiger partial charge in [-0.2, -0.15) is 0 Å². The van der Waals surface area contributed by atoms with E-state index in [-0.39, 0.29) is 23.8 Å². The monoisotopic (exact) mass is 445 g/mol. The first kappa shape index (κ1) is 22.5. The molecule has 3 rings (SSSR count). The molecule has 10 heteroatoms. The van der Waals surface area contributed by atoms with Gasteiger partial charge in [-0.1, -0.05) is 26.7 Å². The topological polar surface area (TPSA) is 127 Å². The molecule has 0 aliphatic heterocycles. The number of furan rings is 1. The number of hydrogen-bond donors (Lipinski definition) is 2. The van der Waals surface area contributed by atoms with Crippen LogP contribution in [-0.4, -0.2) is 27.0 Å². The number of nitrogens with zero attached hydrogens (tertiary/aromatic N) is 3. The van der Waals surface area contributed by atoms with E-state index in [2.05, 4.69) is 9.97 Å². The minimum Gasteiger partial charge on any atom is -0.462 e. The van der Waals surface area contributed by atoms with Gasteiger partial charge in [0.1, 0.15) is 5.82 Å². The van der Waals surface area contributed by atoms with Crippen LogP contribution in [0.2, 0.25) is 0 Å². The summed E-state index contributed by atoms with van der Waals surface area (Å²) >= 11 is 1.38. The molecule has 0 saturated heterocycles. The normalized spacial score (nSPS) is 11.0. The maximum atomic E-state index is 13.2. The van der Waals surface area contributed by atoms with E-state index < -0.39 is 11.2 Å². The summed E-state index contributed by atoms with van der Waals surface area (Å²) in [5.74, 6) is 0.346. The predicted octanol–water partition coefficient (Wildman–Crippen LogP) is 3.01. The molecule has 0 atom stereocenters. The number of nitrogens with two attached hydrogens (primary N) is 1. The van der Waals surface area contributed by atoms with Crippen LogP contribution in [0.15, 0.2) is 37.8 Å². The molecule has 3 N–H and O–H groups in total. The first-order valence-corrected chi connectivity index (χ1v) is 11.2. The number of carbonyl (C=O) groups excluding carboxylic acids is 1. The van der Waals surface area contributed by atoms with Crippen LogP contribution in [-0.2, 0) is 17.8 Å². The van der Waals surface area contributed by atoms with Crippen molar-refractivity contribution in [2.45, 2.75) is 52.5 Å². The van der Waals surface area contributed by atoms with Gasteiger partial charge in [0.15, 0.2) is 16.5 Å². The molecular formula is C21H27N5O4S. The number of carbonyl (C=O) groups is 1. The molecular weight excluding hydrogens is 418 g/mol. The highest BCUT2D eigenvalue weighted by atomic mass is 32.1. The Morgan fingerprint density at radius 1 is 1.29 bits per heavy atom. The van der Waals surface area contributed by atoms with Gasteiger partial charge in [-0.3, -0.25) is 19.1 Å². The summed E-state index contributed by atoms with van der Waals surface area (Å²) in [6.07, 6.45) is 4.68. The number of aromatic amines is 1. The molecule has 31 heavy (non-hydrogen) atoms. The van der Waals surface area contributed by atoms with Crippen molar-refractivity contribution in [2.75, 3.05) is 17.2 Å². The number of aromatic nitrogens is 3. The number of H-pyrrole nitrogens is 1. The molecule has 3 heterocycles. The lowest BCUT2D eigenvalue weighted by molar-refractivity contribution is -0.118. The molecule has 0 aliphatic rings. The Balaban J connectivity index is 1.92. The van der Waals surface area contributed by atoms with Gasteiger partial charge < -0.3 is 15.1 Å². The quantitative estimate of drug-likeness (QED) is 0.494. The van der Waals surface area contributed by atoms with Crippen molar-refractivity contribution in [3.05, 3.63) is 50.3 Å². The number of amides is 1. The van der Waals surface area contributed by atoms with Gasteiger partial charge in [0.05, 0.1) is 18.4 Å². The van der Waals surface area contributed by atoms with E-state index in [1.165, 1.54) is 20.8 Å². The van der Waals surface area contributed by atoms with Crippen LogP contribution >= 0.6 is 11.3 Å². The zero-order valence-corrected chi connectivity index (χ0v) is 18.5. The molecule has 0 aliphatic carbocycles. The molecule has 9 nitrogen and oxygen atoms in total. The number of nitrogens with one attached hydrogen (secondary N) is 1. The third-order valence-electron chi connectivity index (χ3n) is 4.87. The number of thiazole rings is 1. The lowest BCUT2D eigenvalue weighted by Gasteiger charge is -2.24. The molecule has 0 spiro atoms. The Labute approximate surface area is 183 Å². The van der Waals surface area contributed by atoms with Crippen molar-refractivity contribution in [3.63, 3.8) is 0 Å². The van der Waals surface area contributed by atoms with E-state index in [1.54, 1.807) is 23.8 Å². The van der Waals surface area contributed by atoms with Crippen LogP contribution < -0.4 is 21.9 Å². The van der Waals surface area contributed by atoms with Gasteiger partial charge >= 0.3 is 5.69 Å². The molecule has 166 valence electrons. The Kier molecular flexibility index (Phi) is 7.45. The number of rotatable bonds is 10. The first-order chi connectivity index (χ1) is 15.0. The van der Waals surface area contributed by atoms with E-state index in [0.29, 0.717) is 36.0 Å². The molecule has 0 saturated carbocycles. The fourth-order valence-corrected chi connectivity index (χ4v) is 3.99. The average Bonchev–Trinajstić information content (AvgIpc) is 3.42. The van der Waals surface area contributed by atoms with Crippen molar-refractivity contribution in [1.29, 1.82) is 0 Å². The van der Waals surface area contributed by atoms with Gasteiger partial charge in [-0.15, -0.1) is 11.3 Å². The average molecular weight is 446 g/mol. The summed E-state index contributed by atoms with van der Waals surface area (Å²) < 4.78 is 6.68. The fraction of sp³-hybridized carbons (Fsp3) is 0.429. The van der Waals surface area contributed by atoms with E-state index in [9.17, 15) is 14.4 Å². The minimum atomic E-state index is -0.658. The summed E-state index contributed by atoms with van der Waals surface area (Å²) in [4.78, 5) is 46.2. The molecule has 3 aromatic heterocycles. The lowest BCUT2D eigenvalue weighted by atomic mass is 10.2. The zero-order valence-electron chi connectivity index (χ0n) is 17.7. The standard InChI is InChI=1S/C21H27N5O4S/c1-3-5-9-25(17-18(22)26(10-6-4-2)21(29)24-19(17)28)16(27)12-14-13-31-20(23-14)15-8-7-11-30-15/h7-8,11,13H,3-6,9-10,12,22H2,1-2H3,(H,24,28,29). The third kappa shape index (κ3) is 5.13. The van der Waals surface area contributed by atoms with Gasteiger partial charge in [0.25, 0.3) is 5.56 Å². The SMILES string of the molecule is CCCCN(C(=O)Cc1csc(-c2ccco2)n1)c1c(N)n(CCCC)c(=O)[nH]c1=O. The van der Waals surface area contributed by atoms with Gasteiger partial charge in [0.2, 0.25) is 5.91 Å². The van der Waals surface area contributed by atoms with Crippen LogP contribution in [0.25, 0.3) is 10.8 Å². The summed E-state index contributed by atoms with van der Waals surface area (Å²) in [6, 6.07) is 3.58. The summed E-state index contributed by atoms with van der Waals surface area (Å²) in [5, 5.41) is 2.47. The fourth-order valence-electron chi connectivity index (χ4n) is 3.21. The van der Waals surface area contributed by atoms with E-state index in [0.717, 1.165) is 19.3 Å². The van der Waals surface area contributed by atoms with Gasteiger partial charge in [0, 0.05) is 18.5 Å². The minimum absolute atomic E-state index is 0.00783. The van der Waals surface area contributed by atoms with Crippen LogP contribution in [0.4, 0.5) is 11.5 Å². The van der Waals surface area contributed by atoms with Crippen LogP contribution in [0, 0.1) is 0 Å². The number of nitrogen functional groups attached to an aromatic ring is 1. The van der Waals surface area contributed by atoms with Crippen molar-refractivity contribution >= 4 is 28.7 Å². The van der Waals surface area contributed by atoms with Crippen molar-refractivity contribution in [3.8, 4) is 10.8 Å². The molecule has 0 bridgehead atoms. The third-order valence-corrected chi connectivity index (χ3v) is 5.78. The molecule has 0 aromatic carbocycles. The molecule has 3 aromatic rings. The Morgan fingerprint density at radius 3 is 2.74 bits per heavy atom. The highest BCUT2D eigenvalue weighted by molar-refractivity contribution is 7.13.